The molecule has 0 radical (unpaired) electrons. The molecular formula is C75H146O17P2. The zero-order valence-electron chi connectivity index (χ0n) is 61.1. The first-order chi connectivity index (χ1) is 45.5. The zero-order valence-corrected chi connectivity index (χ0v) is 62.9. The first kappa shape index (κ1) is 92.1. The standard InChI is InChI=1S/C75H146O17P2/c1-6-9-12-15-18-21-24-26-28-30-32-35-40-45-50-55-60-74(79)91-70(64-86-73(78)59-54-49-44-39-34-31-29-27-25-22-19-16-13-10-7-2)66-89-93(81,82)87-62-69(76)63-88-94(83,84)90-67-71(65-85-72(77)58-53-48-43-38-33-23-20-17-14-11-8-3)92-75(80)61-56-51-46-41-36-37-42-47-52-57-68(4)5/h68-71,76H,6-67H2,1-5H3,(H,81,82)(H,83,84)/t69-,70-,71-/m1/s1. The van der Waals surface area contributed by atoms with Crippen LogP contribution in [0, 0.1) is 5.92 Å². The Bertz CT molecular complexity index is 1810. The summed E-state index contributed by atoms with van der Waals surface area (Å²) < 4.78 is 68.5. The maximum absolute atomic E-state index is 13.1. The fraction of sp³-hybridized carbons (Fsp3) is 0.947. The highest BCUT2D eigenvalue weighted by Crippen LogP contribution is 2.45. The summed E-state index contributed by atoms with van der Waals surface area (Å²) >= 11 is 0. The van der Waals surface area contributed by atoms with E-state index in [2.05, 4.69) is 34.6 Å². The second-order valence-corrected chi connectivity index (χ2v) is 30.4. The van der Waals surface area contributed by atoms with Crippen molar-refractivity contribution in [3.8, 4) is 0 Å². The third-order valence-electron chi connectivity index (χ3n) is 17.5. The Labute approximate surface area is 575 Å². The zero-order chi connectivity index (χ0) is 69.1. The minimum atomic E-state index is -4.96. The van der Waals surface area contributed by atoms with Gasteiger partial charge in [0.2, 0.25) is 0 Å². The molecule has 17 nitrogen and oxygen atoms in total. The third kappa shape index (κ3) is 68.6. The van der Waals surface area contributed by atoms with E-state index in [-0.39, 0.29) is 25.7 Å². The van der Waals surface area contributed by atoms with E-state index in [0.29, 0.717) is 25.7 Å². The van der Waals surface area contributed by atoms with Gasteiger partial charge >= 0.3 is 39.5 Å². The van der Waals surface area contributed by atoms with Gasteiger partial charge in [-0.2, -0.15) is 0 Å². The van der Waals surface area contributed by atoms with E-state index in [1.165, 1.54) is 218 Å². The van der Waals surface area contributed by atoms with Crippen molar-refractivity contribution in [2.75, 3.05) is 39.6 Å². The molecule has 0 fully saturated rings. The topological polar surface area (TPSA) is 237 Å². The smallest absolute Gasteiger partial charge is 0.462 e. The lowest BCUT2D eigenvalue weighted by atomic mass is 10.0. The van der Waals surface area contributed by atoms with Crippen molar-refractivity contribution in [2.45, 2.75) is 412 Å². The van der Waals surface area contributed by atoms with E-state index in [1.807, 2.05) is 0 Å². The number of rotatable bonds is 75. The van der Waals surface area contributed by atoms with Crippen LogP contribution in [-0.4, -0.2) is 96.7 Å². The summed E-state index contributed by atoms with van der Waals surface area (Å²) in [7, 11) is -9.91. The van der Waals surface area contributed by atoms with Crippen LogP contribution in [0.3, 0.4) is 0 Å². The predicted molar refractivity (Wildman–Crippen MR) is 382 cm³/mol. The quantitative estimate of drug-likeness (QED) is 0.0222. The molecule has 0 aromatic rings. The Morgan fingerprint density at radius 3 is 0.723 bits per heavy atom. The van der Waals surface area contributed by atoms with Crippen molar-refractivity contribution >= 4 is 39.5 Å². The van der Waals surface area contributed by atoms with E-state index >= 15 is 0 Å². The van der Waals surface area contributed by atoms with E-state index < -0.39 is 97.5 Å². The Kier molecular flexibility index (Phi) is 66.8. The summed E-state index contributed by atoms with van der Waals surface area (Å²) in [4.78, 5) is 72.8. The summed E-state index contributed by atoms with van der Waals surface area (Å²) in [5, 5.41) is 10.6. The summed E-state index contributed by atoms with van der Waals surface area (Å²) in [5.74, 6) is -1.38. The first-order valence-electron chi connectivity index (χ1n) is 39.1. The molecule has 0 saturated heterocycles. The van der Waals surface area contributed by atoms with Crippen LogP contribution in [0.5, 0.6) is 0 Å². The van der Waals surface area contributed by atoms with Gasteiger partial charge in [0, 0.05) is 25.7 Å². The van der Waals surface area contributed by atoms with Crippen molar-refractivity contribution in [1.29, 1.82) is 0 Å². The number of hydrogen-bond donors (Lipinski definition) is 3. The molecule has 0 aromatic carbocycles. The van der Waals surface area contributed by atoms with Gasteiger partial charge in [-0.1, -0.05) is 343 Å². The van der Waals surface area contributed by atoms with Crippen LogP contribution in [0.1, 0.15) is 394 Å². The van der Waals surface area contributed by atoms with Crippen LogP contribution in [0.15, 0.2) is 0 Å². The highest BCUT2D eigenvalue weighted by molar-refractivity contribution is 7.47. The highest BCUT2D eigenvalue weighted by Gasteiger charge is 2.30. The molecule has 0 saturated carbocycles. The van der Waals surface area contributed by atoms with Crippen molar-refractivity contribution < 1.29 is 80.2 Å². The molecule has 558 valence electrons. The molecule has 2 unspecified atom stereocenters. The molecule has 0 heterocycles. The summed E-state index contributed by atoms with van der Waals surface area (Å²) in [6.45, 7) is 7.27. The predicted octanol–water partition coefficient (Wildman–Crippen LogP) is 22.1. The fourth-order valence-corrected chi connectivity index (χ4v) is 13.1. The molecule has 0 aromatic heterocycles. The van der Waals surface area contributed by atoms with Crippen molar-refractivity contribution in [3.05, 3.63) is 0 Å². The van der Waals surface area contributed by atoms with Crippen molar-refractivity contribution in [2.24, 2.45) is 5.92 Å². The number of aliphatic hydroxyl groups excluding tert-OH is 1. The van der Waals surface area contributed by atoms with Gasteiger partial charge in [-0.15, -0.1) is 0 Å². The van der Waals surface area contributed by atoms with Crippen LogP contribution in [-0.2, 0) is 65.4 Å². The molecule has 0 aliphatic heterocycles. The lowest BCUT2D eigenvalue weighted by Crippen LogP contribution is -2.30. The number of esters is 4. The molecule has 19 heteroatoms. The number of ether oxygens (including phenoxy) is 4. The van der Waals surface area contributed by atoms with Gasteiger partial charge in [0.15, 0.2) is 12.2 Å². The molecule has 3 N–H and O–H groups in total. The maximum atomic E-state index is 13.1. The van der Waals surface area contributed by atoms with Gasteiger partial charge in [-0.3, -0.25) is 37.3 Å². The monoisotopic (exact) mass is 1380 g/mol. The fourth-order valence-electron chi connectivity index (χ4n) is 11.5. The highest BCUT2D eigenvalue weighted by atomic mass is 31.2. The number of phosphoric ester groups is 2. The SMILES string of the molecule is CCCCCCCCCCCCCCCCCCC(=O)O[C@H](COC(=O)CCCCCCCCCCCCCCCCC)COP(=O)(O)OC[C@@H](O)COP(=O)(O)OC[C@@H](COC(=O)CCCCCCCCCCCCC)OC(=O)CCCCCCCCCCCC(C)C. The van der Waals surface area contributed by atoms with E-state index in [9.17, 15) is 43.2 Å². The molecule has 94 heavy (non-hydrogen) atoms. The van der Waals surface area contributed by atoms with Crippen molar-refractivity contribution in [1.82, 2.24) is 0 Å². The molecule has 0 spiro atoms. The molecule has 0 amide bonds. The number of unbranched alkanes of at least 4 members (excludes halogenated alkanes) is 47. The van der Waals surface area contributed by atoms with Crippen LogP contribution >= 0.6 is 15.6 Å². The Hall–Kier alpha value is -1.94. The average Bonchev–Trinajstić information content (AvgIpc) is 2.01. The average molecular weight is 1380 g/mol. The van der Waals surface area contributed by atoms with E-state index in [4.69, 9.17) is 37.0 Å². The summed E-state index contributed by atoms with van der Waals surface area (Å²) in [6, 6.07) is 0. The number of phosphoric acid groups is 2. The second kappa shape index (κ2) is 68.2. The van der Waals surface area contributed by atoms with Gasteiger partial charge < -0.3 is 33.8 Å². The van der Waals surface area contributed by atoms with Gasteiger partial charge in [-0.25, -0.2) is 9.13 Å². The number of hydrogen-bond acceptors (Lipinski definition) is 15. The lowest BCUT2D eigenvalue weighted by Gasteiger charge is -2.21. The van der Waals surface area contributed by atoms with Crippen LogP contribution in [0.25, 0.3) is 0 Å². The maximum Gasteiger partial charge on any atom is 0.472 e. The normalized spacial score (nSPS) is 14.0. The van der Waals surface area contributed by atoms with E-state index in [1.54, 1.807) is 0 Å². The van der Waals surface area contributed by atoms with Crippen LogP contribution in [0.4, 0.5) is 0 Å². The molecule has 0 rings (SSSR count). The summed E-state index contributed by atoms with van der Waals surface area (Å²) in [6.07, 6.45) is 56.7. The molecule has 0 bridgehead atoms. The van der Waals surface area contributed by atoms with Gasteiger partial charge in [0.25, 0.3) is 0 Å². The first-order valence-corrected chi connectivity index (χ1v) is 42.1. The molecule has 0 aliphatic rings. The summed E-state index contributed by atoms with van der Waals surface area (Å²) in [5.41, 5.74) is 0. The number of carbonyl (C=O) groups is 4. The third-order valence-corrected chi connectivity index (χ3v) is 19.4. The van der Waals surface area contributed by atoms with Crippen LogP contribution < -0.4 is 0 Å². The lowest BCUT2D eigenvalue weighted by molar-refractivity contribution is -0.161. The van der Waals surface area contributed by atoms with Gasteiger partial charge in [0.1, 0.15) is 19.3 Å². The molecular weight excluding hydrogens is 1230 g/mol. The Morgan fingerprint density at radius 2 is 0.489 bits per heavy atom. The Balaban J connectivity index is 5.25. The van der Waals surface area contributed by atoms with Gasteiger partial charge in [-0.05, 0) is 31.6 Å². The van der Waals surface area contributed by atoms with Crippen molar-refractivity contribution in [3.63, 3.8) is 0 Å². The molecule has 5 atom stereocenters. The minimum absolute atomic E-state index is 0.106. The minimum Gasteiger partial charge on any atom is -0.462 e. The van der Waals surface area contributed by atoms with Crippen LogP contribution in [0.2, 0.25) is 0 Å². The van der Waals surface area contributed by atoms with E-state index in [0.717, 1.165) is 95.8 Å². The largest absolute Gasteiger partial charge is 0.472 e. The second-order valence-electron chi connectivity index (χ2n) is 27.5. The number of aliphatic hydroxyl groups is 1. The Morgan fingerprint density at radius 1 is 0.287 bits per heavy atom. The molecule has 0 aliphatic carbocycles. The number of carbonyl (C=O) groups excluding carboxylic acids is 4. The van der Waals surface area contributed by atoms with Gasteiger partial charge in [0.05, 0.1) is 26.4 Å².